The smallest absolute Gasteiger partial charge is 0.274 e. The van der Waals surface area contributed by atoms with Crippen LogP contribution in [0.25, 0.3) is 5.65 Å². The molecule has 0 saturated heterocycles. The summed E-state index contributed by atoms with van der Waals surface area (Å²) in [5.41, 5.74) is 4.10. The molecule has 27 heavy (non-hydrogen) atoms. The van der Waals surface area contributed by atoms with Crippen LogP contribution in [0, 0.1) is 12.8 Å². The lowest BCUT2D eigenvalue weighted by Gasteiger charge is -2.10. The van der Waals surface area contributed by atoms with Crippen LogP contribution in [0.3, 0.4) is 0 Å². The first-order valence-electron chi connectivity index (χ1n) is 9.49. The molecule has 2 aromatic heterocycles. The Bertz CT molecular complexity index is 927. The van der Waals surface area contributed by atoms with Crippen LogP contribution in [-0.2, 0) is 6.42 Å². The van der Waals surface area contributed by atoms with Gasteiger partial charge in [0.05, 0.1) is 12.3 Å². The number of fused-ring (bicyclic) bond motifs is 1. The van der Waals surface area contributed by atoms with Crippen molar-refractivity contribution in [3.8, 4) is 5.75 Å². The van der Waals surface area contributed by atoms with E-state index in [2.05, 4.69) is 31.1 Å². The van der Waals surface area contributed by atoms with Crippen LogP contribution in [0.1, 0.15) is 48.9 Å². The van der Waals surface area contributed by atoms with Gasteiger partial charge >= 0.3 is 0 Å². The number of ether oxygens (including phenoxy) is 1. The molecule has 1 N–H and O–H groups in total. The van der Waals surface area contributed by atoms with Crippen molar-refractivity contribution in [2.75, 3.05) is 11.9 Å². The third kappa shape index (κ3) is 4.48. The molecule has 0 aliphatic carbocycles. The lowest BCUT2D eigenvalue weighted by molar-refractivity contribution is 0.102. The SMILES string of the molecule is CCCc1nc2cc(C)ccn2c1C(=O)Nc1ccc(OCC(C)C)cc1. The van der Waals surface area contributed by atoms with Crippen molar-refractivity contribution in [1.82, 2.24) is 9.38 Å². The number of amides is 1. The van der Waals surface area contributed by atoms with Gasteiger partial charge in [0.1, 0.15) is 17.1 Å². The molecule has 0 atom stereocenters. The second-order valence-corrected chi connectivity index (χ2v) is 7.27. The number of hydrogen-bond donors (Lipinski definition) is 1. The molecule has 0 spiro atoms. The van der Waals surface area contributed by atoms with Gasteiger partial charge in [-0.15, -0.1) is 0 Å². The van der Waals surface area contributed by atoms with Crippen LogP contribution < -0.4 is 10.1 Å². The van der Waals surface area contributed by atoms with E-state index >= 15 is 0 Å². The number of benzene rings is 1. The number of carbonyl (C=O) groups excluding carboxylic acids is 1. The summed E-state index contributed by atoms with van der Waals surface area (Å²) < 4.78 is 7.56. The van der Waals surface area contributed by atoms with Crippen LogP contribution >= 0.6 is 0 Å². The maximum Gasteiger partial charge on any atom is 0.274 e. The van der Waals surface area contributed by atoms with Crippen molar-refractivity contribution < 1.29 is 9.53 Å². The second-order valence-electron chi connectivity index (χ2n) is 7.27. The van der Waals surface area contributed by atoms with Gasteiger partial charge < -0.3 is 10.1 Å². The van der Waals surface area contributed by atoms with Crippen molar-refractivity contribution in [1.29, 1.82) is 0 Å². The number of carbonyl (C=O) groups is 1. The Hall–Kier alpha value is -2.82. The Kier molecular flexibility index (Phi) is 5.79. The van der Waals surface area contributed by atoms with Gasteiger partial charge in [0.15, 0.2) is 0 Å². The Balaban J connectivity index is 1.82. The minimum Gasteiger partial charge on any atom is -0.493 e. The lowest BCUT2D eigenvalue weighted by Crippen LogP contribution is -2.16. The largest absolute Gasteiger partial charge is 0.493 e. The first kappa shape index (κ1) is 19.0. The molecular formula is C22H27N3O2. The first-order chi connectivity index (χ1) is 13.0. The highest BCUT2D eigenvalue weighted by atomic mass is 16.5. The quantitative estimate of drug-likeness (QED) is 0.649. The summed E-state index contributed by atoms with van der Waals surface area (Å²) in [4.78, 5) is 17.6. The molecule has 142 valence electrons. The fourth-order valence-electron chi connectivity index (χ4n) is 2.93. The predicted molar refractivity (Wildman–Crippen MR) is 109 cm³/mol. The number of hydrogen-bond acceptors (Lipinski definition) is 3. The number of nitrogens with zero attached hydrogens (tertiary/aromatic N) is 2. The number of aryl methyl sites for hydroxylation is 2. The topological polar surface area (TPSA) is 55.6 Å². The van der Waals surface area contributed by atoms with Gasteiger partial charge in [0.2, 0.25) is 0 Å². The molecule has 5 heteroatoms. The summed E-state index contributed by atoms with van der Waals surface area (Å²) in [5, 5.41) is 2.99. The Morgan fingerprint density at radius 3 is 2.63 bits per heavy atom. The molecule has 3 rings (SSSR count). The van der Waals surface area contributed by atoms with Crippen LogP contribution in [0.5, 0.6) is 5.75 Å². The van der Waals surface area contributed by atoms with E-state index in [-0.39, 0.29) is 5.91 Å². The van der Waals surface area contributed by atoms with Gasteiger partial charge in [0, 0.05) is 11.9 Å². The highest BCUT2D eigenvalue weighted by Gasteiger charge is 2.19. The van der Waals surface area contributed by atoms with E-state index in [1.807, 2.05) is 53.9 Å². The Morgan fingerprint density at radius 2 is 1.96 bits per heavy atom. The first-order valence-corrected chi connectivity index (χ1v) is 9.49. The number of aromatic nitrogens is 2. The molecule has 2 heterocycles. The van der Waals surface area contributed by atoms with Crippen molar-refractivity contribution in [2.45, 2.75) is 40.5 Å². The highest BCUT2D eigenvalue weighted by Crippen LogP contribution is 2.20. The van der Waals surface area contributed by atoms with E-state index < -0.39 is 0 Å². The second kappa shape index (κ2) is 8.25. The molecule has 0 fully saturated rings. The van der Waals surface area contributed by atoms with Gasteiger partial charge in [-0.25, -0.2) is 4.98 Å². The summed E-state index contributed by atoms with van der Waals surface area (Å²) in [6, 6.07) is 11.5. The molecule has 1 amide bonds. The van der Waals surface area contributed by atoms with Gasteiger partial charge in [-0.05, 0) is 61.2 Å². The number of imidazole rings is 1. The maximum absolute atomic E-state index is 13.0. The summed E-state index contributed by atoms with van der Waals surface area (Å²) >= 11 is 0. The van der Waals surface area contributed by atoms with Crippen molar-refractivity contribution in [2.24, 2.45) is 5.92 Å². The zero-order valence-corrected chi connectivity index (χ0v) is 16.5. The third-order valence-electron chi connectivity index (χ3n) is 4.25. The monoisotopic (exact) mass is 365 g/mol. The van der Waals surface area contributed by atoms with Gasteiger partial charge in [-0.1, -0.05) is 27.2 Å². The van der Waals surface area contributed by atoms with Crippen molar-refractivity contribution >= 4 is 17.2 Å². The number of nitrogens with one attached hydrogen (secondary N) is 1. The molecule has 0 saturated carbocycles. The fourth-order valence-corrected chi connectivity index (χ4v) is 2.93. The van der Waals surface area contributed by atoms with Crippen molar-refractivity contribution in [3.05, 3.63) is 59.5 Å². The summed E-state index contributed by atoms with van der Waals surface area (Å²) in [6.07, 6.45) is 3.62. The average Bonchev–Trinajstić information content (AvgIpc) is 2.98. The molecule has 0 bridgehead atoms. The minimum atomic E-state index is -0.148. The van der Waals surface area contributed by atoms with Crippen LogP contribution in [0.15, 0.2) is 42.6 Å². The Morgan fingerprint density at radius 1 is 1.22 bits per heavy atom. The zero-order chi connectivity index (χ0) is 19.4. The molecule has 0 unspecified atom stereocenters. The zero-order valence-electron chi connectivity index (χ0n) is 16.5. The molecular weight excluding hydrogens is 338 g/mol. The van der Waals surface area contributed by atoms with Crippen LogP contribution in [-0.4, -0.2) is 21.9 Å². The summed E-state index contributed by atoms with van der Waals surface area (Å²) in [7, 11) is 0. The third-order valence-corrected chi connectivity index (χ3v) is 4.25. The van der Waals surface area contributed by atoms with Gasteiger partial charge in [-0.3, -0.25) is 9.20 Å². The fraction of sp³-hybridized carbons (Fsp3) is 0.364. The molecule has 3 aromatic rings. The maximum atomic E-state index is 13.0. The molecule has 0 aliphatic rings. The lowest BCUT2D eigenvalue weighted by atomic mass is 10.2. The molecule has 0 radical (unpaired) electrons. The standard InChI is InChI=1S/C22H27N3O2/c1-5-6-19-21(25-12-11-16(4)13-20(25)24-19)22(26)23-17-7-9-18(10-8-17)27-14-15(2)3/h7-13,15H,5-6,14H2,1-4H3,(H,23,26). The minimum absolute atomic E-state index is 0.148. The van der Waals surface area contributed by atoms with E-state index in [0.29, 0.717) is 18.2 Å². The Labute approximate surface area is 160 Å². The number of pyridine rings is 1. The van der Waals surface area contributed by atoms with E-state index in [1.54, 1.807) is 0 Å². The van der Waals surface area contributed by atoms with E-state index in [0.717, 1.165) is 41.2 Å². The normalized spacial score (nSPS) is 11.1. The van der Waals surface area contributed by atoms with Crippen molar-refractivity contribution in [3.63, 3.8) is 0 Å². The predicted octanol–water partition coefficient (Wildman–Crippen LogP) is 4.88. The number of anilines is 1. The summed E-state index contributed by atoms with van der Waals surface area (Å²) in [6.45, 7) is 9.01. The van der Waals surface area contributed by atoms with Gasteiger partial charge in [-0.2, -0.15) is 0 Å². The van der Waals surface area contributed by atoms with E-state index in [9.17, 15) is 4.79 Å². The molecule has 1 aromatic carbocycles. The van der Waals surface area contributed by atoms with Crippen LogP contribution in [0.4, 0.5) is 5.69 Å². The van der Waals surface area contributed by atoms with E-state index in [1.165, 1.54) is 0 Å². The van der Waals surface area contributed by atoms with Gasteiger partial charge in [0.25, 0.3) is 5.91 Å². The number of rotatable bonds is 7. The van der Waals surface area contributed by atoms with Crippen LogP contribution in [0.2, 0.25) is 0 Å². The molecule has 5 nitrogen and oxygen atoms in total. The average molecular weight is 365 g/mol. The highest BCUT2D eigenvalue weighted by molar-refractivity contribution is 6.04. The van der Waals surface area contributed by atoms with E-state index in [4.69, 9.17) is 4.74 Å². The molecule has 0 aliphatic heterocycles. The summed E-state index contributed by atoms with van der Waals surface area (Å²) in [5.74, 6) is 1.13.